The van der Waals surface area contributed by atoms with Crippen LogP contribution in [0.3, 0.4) is 0 Å². The van der Waals surface area contributed by atoms with Gasteiger partial charge in [-0.3, -0.25) is 9.59 Å². The smallest absolute Gasteiger partial charge is 0.303 e. The molecule has 0 aromatic heterocycles. The highest BCUT2D eigenvalue weighted by atomic mass is 19.1. The fourth-order valence-corrected chi connectivity index (χ4v) is 3.01. The van der Waals surface area contributed by atoms with E-state index in [1.807, 2.05) is 0 Å². The molecule has 2 rings (SSSR count). The monoisotopic (exact) mass is 355 g/mol. The van der Waals surface area contributed by atoms with Crippen LogP contribution in [0.2, 0.25) is 0 Å². The molecule has 0 radical (unpaired) electrons. The highest BCUT2D eigenvalue weighted by Crippen LogP contribution is 2.22. The fourth-order valence-electron chi connectivity index (χ4n) is 3.01. The molecule has 1 saturated heterocycles. The summed E-state index contributed by atoms with van der Waals surface area (Å²) in [6.45, 7) is 1.46. The summed E-state index contributed by atoms with van der Waals surface area (Å²) in [4.78, 5) is 24.7. The summed E-state index contributed by atoms with van der Waals surface area (Å²) in [5, 5.41) is 8.75. The molecule has 0 spiro atoms. The number of hydrogen-bond acceptors (Lipinski definition) is 3. The van der Waals surface area contributed by atoms with Crippen LogP contribution in [0.15, 0.2) is 18.2 Å². The van der Waals surface area contributed by atoms with Gasteiger partial charge in [-0.25, -0.2) is 8.78 Å². The first-order valence-corrected chi connectivity index (χ1v) is 8.53. The first kappa shape index (κ1) is 19.1. The number of carboxylic acids is 1. The predicted molar refractivity (Wildman–Crippen MR) is 87.3 cm³/mol. The molecule has 138 valence electrons. The van der Waals surface area contributed by atoms with E-state index in [2.05, 4.69) is 0 Å². The SMILES string of the molecule is O=C(O)CC[C@@H]1CCCN(C(=O)CCCOc2ccc(F)cc2F)C1. The van der Waals surface area contributed by atoms with E-state index >= 15 is 0 Å². The summed E-state index contributed by atoms with van der Waals surface area (Å²) in [7, 11) is 0. The minimum absolute atomic E-state index is 0.00297. The molecular weight excluding hydrogens is 332 g/mol. The van der Waals surface area contributed by atoms with Crippen LogP contribution in [0.25, 0.3) is 0 Å². The number of ether oxygens (including phenoxy) is 1. The van der Waals surface area contributed by atoms with Crippen LogP contribution < -0.4 is 4.74 Å². The number of carbonyl (C=O) groups is 2. The molecule has 0 unspecified atom stereocenters. The third-order valence-electron chi connectivity index (χ3n) is 4.32. The van der Waals surface area contributed by atoms with Crippen LogP contribution in [-0.2, 0) is 9.59 Å². The second kappa shape index (κ2) is 9.34. The van der Waals surface area contributed by atoms with Gasteiger partial charge in [-0.1, -0.05) is 0 Å². The zero-order valence-corrected chi connectivity index (χ0v) is 14.0. The molecule has 1 N–H and O–H groups in total. The molecular formula is C18H23F2NO4. The maximum atomic E-state index is 13.4. The maximum Gasteiger partial charge on any atom is 0.303 e. The van der Waals surface area contributed by atoms with Gasteiger partial charge in [0.15, 0.2) is 11.6 Å². The zero-order chi connectivity index (χ0) is 18.2. The number of piperidine rings is 1. The van der Waals surface area contributed by atoms with Crippen molar-refractivity contribution in [3.05, 3.63) is 29.8 Å². The number of hydrogen-bond donors (Lipinski definition) is 1. The largest absolute Gasteiger partial charge is 0.491 e. The number of halogens is 2. The molecule has 1 fully saturated rings. The molecule has 1 aromatic carbocycles. The minimum Gasteiger partial charge on any atom is -0.491 e. The Kier molecular flexibility index (Phi) is 7.16. The van der Waals surface area contributed by atoms with Crippen LogP contribution >= 0.6 is 0 Å². The van der Waals surface area contributed by atoms with Crippen molar-refractivity contribution < 1.29 is 28.2 Å². The number of likely N-dealkylation sites (tertiary alicyclic amines) is 1. The molecule has 0 bridgehead atoms. The Hall–Kier alpha value is -2.18. The third-order valence-corrected chi connectivity index (χ3v) is 4.32. The van der Waals surface area contributed by atoms with E-state index in [4.69, 9.17) is 9.84 Å². The maximum absolute atomic E-state index is 13.4. The number of rotatable bonds is 8. The molecule has 7 heteroatoms. The van der Waals surface area contributed by atoms with Gasteiger partial charge in [-0.15, -0.1) is 0 Å². The highest BCUT2D eigenvalue weighted by molar-refractivity contribution is 5.76. The van der Waals surface area contributed by atoms with Gasteiger partial charge in [0.1, 0.15) is 5.82 Å². The van der Waals surface area contributed by atoms with E-state index in [9.17, 15) is 18.4 Å². The molecule has 0 saturated carbocycles. The first-order valence-electron chi connectivity index (χ1n) is 8.53. The Bertz CT molecular complexity index is 609. The summed E-state index contributed by atoms with van der Waals surface area (Å²) < 4.78 is 31.5. The number of benzene rings is 1. The van der Waals surface area contributed by atoms with E-state index < -0.39 is 17.6 Å². The van der Waals surface area contributed by atoms with Crippen LogP contribution in [0.5, 0.6) is 5.75 Å². The van der Waals surface area contributed by atoms with Crippen molar-refractivity contribution in [2.75, 3.05) is 19.7 Å². The van der Waals surface area contributed by atoms with Gasteiger partial charge < -0.3 is 14.7 Å². The highest BCUT2D eigenvalue weighted by Gasteiger charge is 2.23. The van der Waals surface area contributed by atoms with Crippen molar-refractivity contribution in [3.8, 4) is 5.75 Å². The first-order chi connectivity index (χ1) is 12.0. The Morgan fingerprint density at radius 1 is 1.28 bits per heavy atom. The second-order valence-corrected chi connectivity index (χ2v) is 6.31. The van der Waals surface area contributed by atoms with Gasteiger partial charge in [0.05, 0.1) is 6.61 Å². The van der Waals surface area contributed by atoms with Crippen molar-refractivity contribution in [3.63, 3.8) is 0 Å². The summed E-state index contributed by atoms with van der Waals surface area (Å²) in [6, 6.07) is 3.10. The summed E-state index contributed by atoms with van der Waals surface area (Å²) in [5.41, 5.74) is 0. The number of nitrogens with zero attached hydrogens (tertiary/aromatic N) is 1. The zero-order valence-electron chi connectivity index (χ0n) is 14.0. The average molecular weight is 355 g/mol. The second-order valence-electron chi connectivity index (χ2n) is 6.31. The molecule has 1 amide bonds. The van der Waals surface area contributed by atoms with Crippen LogP contribution in [0.1, 0.15) is 38.5 Å². The van der Waals surface area contributed by atoms with Crippen molar-refractivity contribution in [1.29, 1.82) is 0 Å². The van der Waals surface area contributed by atoms with E-state index in [1.165, 1.54) is 6.07 Å². The fraction of sp³-hybridized carbons (Fsp3) is 0.556. The third kappa shape index (κ3) is 6.32. The van der Waals surface area contributed by atoms with Gasteiger partial charge in [-0.05, 0) is 43.7 Å². The summed E-state index contributed by atoms with van der Waals surface area (Å²) in [5.74, 6) is -2.03. The van der Waals surface area contributed by atoms with E-state index in [0.29, 0.717) is 25.9 Å². The lowest BCUT2D eigenvalue weighted by Gasteiger charge is -2.32. The molecule has 1 atom stereocenters. The number of carboxylic acid groups (broad SMARTS) is 1. The van der Waals surface area contributed by atoms with Crippen molar-refractivity contribution in [2.24, 2.45) is 5.92 Å². The molecule has 1 aliphatic heterocycles. The van der Waals surface area contributed by atoms with Crippen LogP contribution in [0, 0.1) is 17.6 Å². The quantitative estimate of drug-likeness (QED) is 0.727. The standard InChI is InChI=1S/C18H23F2NO4/c19-14-6-7-16(15(20)11-14)25-10-2-4-17(22)21-9-1-3-13(12-21)5-8-18(23)24/h6-7,11,13H,1-5,8-10,12H2,(H,23,24)/t13-/m0/s1. The van der Waals surface area contributed by atoms with E-state index in [-0.39, 0.29) is 37.0 Å². The average Bonchev–Trinajstić information content (AvgIpc) is 2.58. The summed E-state index contributed by atoms with van der Waals surface area (Å²) >= 11 is 0. The lowest BCUT2D eigenvalue weighted by atomic mass is 9.93. The Morgan fingerprint density at radius 2 is 2.08 bits per heavy atom. The normalized spacial score (nSPS) is 17.4. The van der Waals surface area contributed by atoms with Gasteiger partial charge >= 0.3 is 5.97 Å². The van der Waals surface area contributed by atoms with Gasteiger partial charge in [0.2, 0.25) is 5.91 Å². The Labute approximate surface area is 145 Å². The number of amides is 1. The Morgan fingerprint density at radius 3 is 2.80 bits per heavy atom. The number of carbonyl (C=O) groups excluding carboxylic acids is 1. The molecule has 0 aliphatic carbocycles. The van der Waals surface area contributed by atoms with Crippen molar-refractivity contribution in [2.45, 2.75) is 38.5 Å². The van der Waals surface area contributed by atoms with Crippen LogP contribution in [-0.4, -0.2) is 41.6 Å². The lowest BCUT2D eigenvalue weighted by molar-refractivity contribution is -0.137. The topological polar surface area (TPSA) is 66.8 Å². The molecule has 1 heterocycles. The molecule has 1 aromatic rings. The van der Waals surface area contributed by atoms with Crippen LogP contribution in [0.4, 0.5) is 8.78 Å². The molecule has 5 nitrogen and oxygen atoms in total. The lowest BCUT2D eigenvalue weighted by Crippen LogP contribution is -2.40. The van der Waals surface area contributed by atoms with Gasteiger partial charge in [-0.2, -0.15) is 0 Å². The van der Waals surface area contributed by atoms with Gasteiger partial charge in [0.25, 0.3) is 0 Å². The van der Waals surface area contributed by atoms with Gasteiger partial charge in [0, 0.05) is 32.0 Å². The molecule has 1 aliphatic rings. The Balaban J connectivity index is 1.69. The summed E-state index contributed by atoms with van der Waals surface area (Å²) in [6.07, 6.45) is 3.27. The minimum atomic E-state index is -0.811. The van der Waals surface area contributed by atoms with Crippen molar-refractivity contribution in [1.82, 2.24) is 4.90 Å². The van der Waals surface area contributed by atoms with Crippen molar-refractivity contribution >= 4 is 11.9 Å². The van der Waals surface area contributed by atoms with E-state index in [0.717, 1.165) is 25.0 Å². The van der Waals surface area contributed by atoms with E-state index in [1.54, 1.807) is 4.90 Å². The molecule has 25 heavy (non-hydrogen) atoms. The number of aliphatic carboxylic acids is 1. The predicted octanol–water partition coefficient (Wildman–Crippen LogP) is 3.23.